The third-order valence-corrected chi connectivity index (χ3v) is 2.78. The highest BCUT2D eigenvalue weighted by Gasteiger charge is 2.31. The molecule has 21 heavy (non-hydrogen) atoms. The highest BCUT2D eigenvalue weighted by atomic mass is 35.5. The van der Waals surface area contributed by atoms with Gasteiger partial charge in [0.1, 0.15) is 12.1 Å². The fourth-order valence-corrected chi connectivity index (χ4v) is 1.76. The van der Waals surface area contributed by atoms with E-state index in [9.17, 15) is 17.6 Å². The Balaban J connectivity index is 2.42. The van der Waals surface area contributed by atoms with Gasteiger partial charge in [0, 0.05) is 0 Å². The first kappa shape index (κ1) is 15.3. The zero-order valence-corrected chi connectivity index (χ0v) is 11.3. The molecule has 0 radical (unpaired) electrons. The topological polar surface area (TPSA) is 47.0 Å². The summed E-state index contributed by atoms with van der Waals surface area (Å²) < 4.78 is 56.4. The van der Waals surface area contributed by atoms with E-state index in [1.54, 1.807) is 0 Å². The summed E-state index contributed by atoms with van der Waals surface area (Å²) in [6.45, 7) is 0. The summed E-state index contributed by atoms with van der Waals surface area (Å²) in [5.74, 6) is -0.925. The van der Waals surface area contributed by atoms with Crippen molar-refractivity contribution in [2.45, 2.75) is 6.18 Å². The van der Waals surface area contributed by atoms with Crippen molar-refractivity contribution in [1.82, 2.24) is 9.97 Å². The molecule has 0 bridgehead atoms. The van der Waals surface area contributed by atoms with E-state index in [0.717, 1.165) is 6.33 Å². The minimum absolute atomic E-state index is 0.00372. The van der Waals surface area contributed by atoms with Gasteiger partial charge in [-0.05, 0) is 18.2 Å². The van der Waals surface area contributed by atoms with Crippen molar-refractivity contribution in [3.05, 3.63) is 41.1 Å². The standard InChI is InChI=1S/C12H8ClF4N3O/c1-21-9-10(13)18-5-19-11(9)20-8-4-6(12(15,16)17)2-3-7(8)14/h2-5H,1H3,(H,18,19,20). The Morgan fingerprint density at radius 1 is 1.24 bits per heavy atom. The average molecular weight is 322 g/mol. The fourth-order valence-electron chi connectivity index (χ4n) is 1.55. The molecule has 0 fully saturated rings. The quantitative estimate of drug-likeness (QED) is 0.684. The smallest absolute Gasteiger partial charge is 0.416 e. The van der Waals surface area contributed by atoms with Crippen LogP contribution in [-0.2, 0) is 6.18 Å². The second-order valence-electron chi connectivity index (χ2n) is 3.86. The van der Waals surface area contributed by atoms with Crippen molar-refractivity contribution >= 4 is 23.1 Å². The molecule has 2 aromatic rings. The predicted molar refractivity (Wildman–Crippen MR) is 68.3 cm³/mol. The molecule has 1 heterocycles. The van der Waals surface area contributed by atoms with Gasteiger partial charge in [-0.25, -0.2) is 14.4 Å². The molecule has 0 aliphatic carbocycles. The highest BCUT2D eigenvalue weighted by Crippen LogP contribution is 2.35. The lowest BCUT2D eigenvalue weighted by molar-refractivity contribution is -0.137. The van der Waals surface area contributed by atoms with Crippen LogP contribution in [0.25, 0.3) is 0 Å². The van der Waals surface area contributed by atoms with E-state index < -0.39 is 23.2 Å². The van der Waals surface area contributed by atoms with E-state index in [1.165, 1.54) is 7.11 Å². The molecular weight excluding hydrogens is 314 g/mol. The average Bonchev–Trinajstić information content (AvgIpc) is 2.40. The van der Waals surface area contributed by atoms with Crippen molar-refractivity contribution in [1.29, 1.82) is 0 Å². The van der Waals surface area contributed by atoms with Crippen LogP contribution in [-0.4, -0.2) is 17.1 Å². The minimum atomic E-state index is -4.59. The number of alkyl halides is 3. The lowest BCUT2D eigenvalue weighted by Gasteiger charge is -2.13. The van der Waals surface area contributed by atoms with Crippen LogP contribution in [0.3, 0.4) is 0 Å². The van der Waals surface area contributed by atoms with Crippen LogP contribution in [0.1, 0.15) is 5.56 Å². The van der Waals surface area contributed by atoms with Crippen LogP contribution in [0.15, 0.2) is 24.5 Å². The monoisotopic (exact) mass is 321 g/mol. The first-order chi connectivity index (χ1) is 9.82. The van der Waals surface area contributed by atoms with Crippen LogP contribution in [0.4, 0.5) is 29.1 Å². The van der Waals surface area contributed by atoms with Gasteiger partial charge in [-0.15, -0.1) is 0 Å². The van der Waals surface area contributed by atoms with Gasteiger partial charge in [0.05, 0.1) is 18.4 Å². The van der Waals surface area contributed by atoms with Gasteiger partial charge in [0.2, 0.25) is 0 Å². The SMILES string of the molecule is COc1c(Cl)ncnc1Nc1cc(C(F)(F)F)ccc1F. The molecule has 0 atom stereocenters. The molecule has 1 aromatic heterocycles. The normalized spacial score (nSPS) is 11.3. The number of hydrogen-bond acceptors (Lipinski definition) is 4. The molecule has 1 aromatic carbocycles. The van der Waals surface area contributed by atoms with Crippen LogP contribution in [0.2, 0.25) is 5.15 Å². The Bertz CT molecular complexity index is 663. The number of ether oxygens (including phenoxy) is 1. The van der Waals surface area contributed by atoms with E-state index in [1.807, 2.05) is 0 Å². The van der Waals surface area contributed by atoms with Crippen LogP contribution in [0.5, 0.6) is 5.75 Å². The first-order valence-electron chi connectivity index (χ1n) is 5.51. The molecular formula is C12H8ClF4N3O. The number of benzene rings is 1. The maximum Gasteiger partial charge on any atom is 0.416 e. The zero-order chi connectivity index (χ0) is 15.6. The van der Waals surface area contributed by atoms with Gasteiger partial charge >= 0.3 is 6.18 Å². The fraction of sp³-hybridized carbons (Fsp3) is 0.167. The Morgan fingerprint density at radius 2 is 1.95 bits per heavy atom. The van der Waals surface area contributed by atoms with Gasteiger partial charge in [-0.3, -0.25) is 0 Å². The summed E-state index contributed by atoms with van der Waals surface area (Å²) >= 11 is 5.75. The van der Waals surface area contributed by atoms with Gasteiger partial charge in [-0.2, -0.15) is 13.2 Å². The predicted octanol–water partition coefficient (Wildman–Crippen LogP) is 4.04. The van der Waals surface area contributed by atoms with Gasteiger partial charge in [0.15, 0.2) is 16.7 Å². The number of nitrogens with zero attached hydrogens (tertiary/aromatic N) is 2. The molecule has 0 unspecified atom stereocenters. The molecule has 112 valence electrons. The largest absolute Gasteiger partial charge is 0.490 e. The number of nitrogens with one attached hydrogen (secondary N) is 1. The Hall–Kier alpha value is -2.09. The molecule has 0 saturated heterocycles. The Kier molecular flexibility index (Phi) is 4.17. The number of rotatable bonds is 3. The number of aromatic nitrogens is 2. The first-order valence-corrected chi connectivity index (χ1v) is 5.89. The molecule has 9 heteroatoms. The molecule has 0 amide bonds. The maximum absolute atomic E-state index is 13.6. The third kappa shape index (κ3) is 3.33. The van der Waals surface area contributed by atoms with Gasteiger partial charge in [0.25, 0.3) is 0 Å². The Morgan fingerprint density at radius 3 is 2.57 bits per heavy atom. The molecule has 0 aliphatic heterocycles. The summed E-state index contributed by atoms with van der Waals surface area (Å²) in [6, 6.07) is 1.98. The van der Waals surface area contributed by atoms with E-state index in [-0.39, 0.29) is 16.7 Å². The van der Waals surface area contributed by atoms with Crippen LogP contribution < -0.4 is 10.1 Å². The zero-order valence-electron chi connectivity index (χ0n) is 10.5. The summed E-state index contributed by atoms with van der Waals surface area (Å²) in [6.07, 6.45) is -3.52. The number of anilines is 2. The van der Waals surface area contributed by atoms with Crippen molar-refractivity contribution in [3.8, 4) is 5.75 Å². The van der Waals surface area contributed by atoms with Crippen molar-refractivity contribution < 1.29 is 22.3 Å². The molecule has 4 nitrogen and oxygen atoms in total. The summed E-state index contributed by atoms with van der Waals surface area (Å²) in [7, 11) is 1.28. The number of methoxy groups -OCH3 is 1. The highest BCUT2D eigenvalue weighted by molar-refractivity contribution is 6.31. The van der Waals surface area contributed by atoms with Gasteiger partial charge < -0.3 is 10.1 Å². The summed E-state index contributed by atoms with van der Waals surface area (Å²) in [5, 5.41) is 2.36. The van der Waals surface area contributed by atoms with Crippen molar-refractivity contribution in [2.24, 2.45) is 0 Å². The molecule has 1 N–H and O–H groups in total. The molecule has 2 rings (SSSR count). The number of halogens is 5. The van der Waals surface area contributed by atoms with E-state index in [0.29, 0.717) is 18.2 Å². The summed E-state index contributed by atoms with van der Waals surface area (Å²) in [5.41, 5.74) is -1.40. The van der Waals surface area contributed by atoms with Crippen molar-refractivity contribution in [3.63, 3.8) is 0 Å². The van der Waals surface area contributed by atoms with E-state index in [2.05, 4.69) is 15.3 Å². The molecule has 0 aliphatic rings. The van der Waals surface area contributed by atoms with Crippen LogP contribution >= 0.6 is 11.6 Å². The number of hydrogen-bond donors (Lipinski definition) is 1. The second kappa shape index (κ2) is 5.72. The summed E-state index contributed by atoms with van der Waals surface area (Å²) in [4.78, 5) is 7.41. The molecule has 0 spiro atoms. The third-order valence-electron chi connectivity index (χ3n) is 2.51. The van der Waals surface area contributed by atoms with Gasteiger partial charge in [-0.1, -0.05) is 11.6 Å². The maximum atomic E-state index is 13.6. The molecule has 0 saturated carbocycles. The van der Waals surface area contributed by atoms with Crippen molar-refractivity contribution in [2.75, 3.05) is 12.4 Å². The lowest BCUT2D eigenvalue weighted by Crippen LogP contribution is -2.07. The Labute approximate surface area is 121 Å². The minimum Gasteiger partial charge on any atom is -0.490 e. The van der Waals surface area contributed by atoms with Crippen LogP contribution in [0, 0.1) is 5.82 Å². The van der Waals surface area contributed by atoms with E-state index in [4.69, 9.17) is 16.3 Å². The lowest BCUT2D eigenvalue weighted by atomic mass is 10.2. The van der Waals surface area contributed by atoms with E-state index >= 15 is 0 Å². The second-order valence-corrected chi connectivity index (χ2v) is 4.22.